The lowest BCUT2D eigenvalue weighted by atomic mass is 10.1. The summed E-state index contributed by atoms with van der Waals surface area (Å²) in [6, 6.07) is 14.6. The Balaban J connectivity index is 1.74. The standard InChI is InChI=1S/C18H14N2O4/c1-11-6-8-12(9-7-11)17(22)19-20-18(23)16-10-14(21)13-4-2-3-5-15(13)24-16/h2-10H,1H3,(H,19,22)(H,20,23). The van der Waals surface area contributed by atoms with E-state index in [-0.39, 0.29) is 11.2 Å². The average Bonchev–Trinajstić information content (AvgIpc) is 2.60. The van der Waals surface area contributed by atoms with Gasteiger partial charge in [0.15, 0.2) is 11.2 Å². The van der Waals surface area contributed by atoms with E-state index in [2.05, 4.69) is 10.9 Å². The highest BCUT2D eigenvalue weighted by Crippen LogP contribution is 2.11. The fourth-order valence-corrected chi connectivity index (χ4v) is 2.17. The summed E-state index contributed by atoms with van der Waals surface area (Å²) >= 11 is 0. The van der Waals surface area contributed by atoms with Crippen LogP contribution in [0.15, 0.2) is 63.8 Å². The van der Waals surface area contributed by atoms with E-state index in [1.807, 2.05) is 6.92 Å². The molecule has 0 aliphatic rings. The molecular formula is C18H14N2O4. The Hall–Kier alpha value is -3.41. The zero-order valence-electron chi connectivity index (χ0n) is 12.8. The first-order chi connectivity index (χ1) is 11.5. The van der Waals surface area contributed by atoms with Gasteiger partial charge in [0.2, 0.25) is 0 Å². The van der Waals surface area contributed by atoms with Gasteiger partial charge in [0, 0.05) is 11.6 Å². The third-order valence-electron chi connectivity index (χ3n) is 3.46. The Bertz CT molecular complexity index is 974. The van der Waals surface area contributed by atoms with Gasteiger partial charge in [0.05, 0.1) is 5.39 Å². The second kappa shape index (κ2) is 6.37. The number of benzene rings is 2. The summed E-state index contributed by atoms with van der Waals surface area (Å²) in [4.78, 5) is 36.0. The molecule has 0 atom stereocenters. The van der Waals surface area contributed by atoms with Crippen LogP contribution in [0.4, 0.5) is 0 Å². The summed E-state index contributed by atoms with van der Waals surface area (Å²) in [7, 11) is 0. The largest absolute Gasteiger partial charge is 0.451 e. The van der Waals surface area contributed by atoms with Gasteiger partial charge in [-0.3, -0.25) is 25.2 Å². The van der Waals surface area contributed by atoms with E-state index in [0.717, 1.165) is 11.6 Å². The molecule has 2 amide bonds. The van der Waals surface area contributed by atoms with Crippen molar-refractivity contribution in [3.05, 3.63) is 81.7 Å². The Morgan fingerprint density at radius 3 is 2.33 bits per heavy atom. The van der Waals surface area contributed by atoms with E-state index in [9.17, 15) is 14.4 Å². The molecule has 2 aromatic carbocycles. The van der Waals surface area contributed by atoms with Crippen LogP contribution in [-0.4, -0.2) is 11.8 Å². The van der Waals surface area contributed by atoms with Crippen molar-refractivity contribution >= 4 is 22.8 Å². The summed E-state index contributed by atoms with van der Waals surface area (Å²) in [6.07, 6.45) is 0. The number of hydrogen-bond acceptors (Lipinski definition) is 4. The molecule has 0 radical (unpaired) electrons. The van der Waals surface area contributed by atoms with Gasteiger partial charge in [-0.1, -0.05) is 29.8 Å². The number of fused-ring (bicyclic) bond motifs is 1. The number of nitrogens with one attached hydrogen (secondary N) is 2. The smallest absolute Gasteiger partial charge is 0.305 e. The quantitative estimate of drug-likeness (QED) is 0.708. The Morgan fingerprint density at radius 1 is 0.917 bits per heavy atom. The van der Waals surface area contributed by atoms with Crippen LogP contribution < -0.4 is 16.3 Å². The van der Waals surface area contributed by atoms with Crippen molar-refractivity contribution in [1.29, 1.82) is 0 Å². The summed E-state index contributed by atoms with van der Waals surface area (Å²) in [5.74, 6) is -1.35. The summed E-state index contributed by atoms with van der Waals surface area (Å²) in [5.41, 5.74) is 5.92. The minimum atomic E-state index is -0.710. The third kappa shape index (κ3) is 3.17. The molecule has 3 aromatic rings. The van der Waals surface area contributed by atoms with Crippen LogP contribution in [-0.2, 0) is 0 Å². The van der Waals surface area contributed by atoms with Crippen LogP contribution in [0.3, 0.4) is 0 Å². The van der Waals surface area contributed by atoms with Crippen LogP contribution in [0.2, 0.25) is 0 Å². The van der Waals surface area contributed by atoms with Crippen LogP contribution in [0, 0.1) is 6.92 Å². The second-order valence-electron chi connectivity index (χ2n) is 5.25. The maximum Gasteiger partial charge on any atom is 0.305 e. The van der Waals surface area contributed by atoms with Crippen molar-refractivity contribution in [2.45, 2.75) is 6.92 Å². The zero-order valence-corrected chi connectivity index (χ0v) is 12.8. The lowest BCUT2D eigenvalue weighted by Crippen LogP contribution is -2.41. The molecule has 6 nitrogen and oxygen atoms in total. The van der Waals surface area contributed by atoms with E-state index in [0.29, 0.717) is 16.5 Å². The fraction of sp³-hybridized carbons (Fsp3) is 0.0556. The molecule has 0 saturated carbocycles. The van der Waals surface area contributed by atoms with Gasteiger partial charge in [0.25, 0.3) is 5.91 Å². The highest BCUT2D eigenvalue weighted by Gasteiger charge is 2.13. The molecule has 120 valence electrons. The van der Waals surface area contributed by atoms with Gasteiger partial charge in [0.1, 0.15) is 5.58 Å². The van der Waals surface area contributed by atoms with Crippen molar-refractivity contribution in [3.63, 3.8) is 0 Å². The van der Waals surface area contributed by atoms with E-state index >= 15 is 0 Å². The minimum Gasteiger partial charge on any atom is -0.451 e. The van der Waals surface area contributed by atoms with Gasteiger partial charge in [-0.05, 0) is 31.2 Å². The molecule has 0 unspecified atom stereocenters. The van der Waals surface area contributed by atoms with Crippen LogP contribution in [0.5, 0.6) is 0 Å². The maximum absolute atomic E-state index is 12.1. The van der Waals surface area contributed by atoms with Crippen molar-refractivity contribution in [1.82, 2.24) is 10.9 Å². The van der Waals surface area contributed by atoms with Crippen molar-refractivity contribution in [2.24, 2.45) is 0 Å². The highest BCUT2D eigenvalue weighted by atomic mass is 16.3. The molecule has 2 N–H and O–H groups in total. The Kier molecular flexibility index (Phi) is 4.11. The van der Waals surface area contributed by atoms with Crippen LogP contribution in [0.1, 0.15) is 26.5 Å². The number of amides is 2. The average molecular weight is 322 g/mol. The molecule has 1 heterocycles. The summed E-state index contributed by atoms with van der Waals surface area (Å²) in [6.45, 7) is 1.91. The van der Waals surface area contributed by atoms with Gasteiger partial charge >= 0.3 is 5.91 Å². The predicted octanol–water partition coefficient (Wildman–Crippen LogP) is 2.18. The fourth-order valence-electron chi connectivity index (χ4n) is 2.17. The van der Waals surface area contributed by atoms with Gasteiger partial charge in [-0.2, -0.15) is 0 Å². The monoisotopic (exact) mass is 322 g/mol. The Morgan fingerprint density at radius 2 is 1.58 bits per heavy atom. The second-order valence-corrected chi connectivity index (χ2v) is 5.25. The molecule has 24 heavy (non-hydrogen) atoms. The summed E-state index contributed by atoms with van der Waals surface area (Å²) < 4.78 is 5.39. The topological polar surface area (TPSA) is 88.4 Å². The van der Waals surface area contributed by atoms with E-state index in [4.69, 9.17) is 4.42 Å². The zero-order chi connectivity index (χ0) is 17.1. The molecule has 0 bridgehead atoms. The molecule has 0 saturated heterocycles. The molecule has 3 rings (SSSR count). The first-order valence-electron chi connectivity index (χ1n) is 7.25. The maximum atomic E-state index is 12.1. The van der Waals surface area contributed by atoms with Gasteiger partial charge < -0.3 is 4.42 Å². The molecule has 0 aliphatic heterocycles. The van der Waals surface area contributed by atoms with Crippen molar-refractivity contribution < 1.29 is 14.0 Å². The van der Waals surface area contributed by atoms with Crippen LogP contribution >= 0.6 is 0 Å². The number of carbonyl (C=O) groups excluding carboxylic acids is 2. The number of para-hydroxylation sites is 1. The lowest BCUT2D eigenvalue weighted by Gasteiger charge is -2.07. The van der Waals surface area contributed by atoms with Gasteiger partial charge in [-0.25, -0.2) is 0 Å². The van der Waals surface area contributed by atoms with Gasteiger partial charge in [-0.15, -0.1) is 0 Å². The minimum absolute atomic E-state index is 0.178. The third-order valence-corrected chi connectivity index (χ3v) is 3.46. The highest BCUT2D eigenvalue weighted by molar-refractivity contribution is 5.98. The molecule has 0 fully saturated rings. The Labute approximate surface area is 137 Å². The van der Waals surface area contributed by atoms with E-state index in [1.54, 1.807) is 48.5 Å². The molecule has 1 aromatic heterocycles. The number of hydrogen-bond donors (Lipinski definition) is 2. The summed E-state index contributed by atoms with van der Waals surface area (Å²) in [5, 5.41) is 0.387. The first-order valence-corrected chi connectivity index (χ1v) is 7.25. The number of hydrazine groups is 1. The molecule has 0 spiro atoms. The van der Waals surface area contributed by atoms with Crippen LogP contribution in [0.25, 0.3) is 11.0 Å². The normalized spacial score (nSPS) is 10.4. The molecule has 0 aliphatic carbocycles. The SMILES string of the molecule is Cc1ccc(C(=O)NNC(=O)c2cc(=O)c3ccccc3o2)cc1. The number of rotatable bonds is 2. The first kappa shape index (κ1) is 15.5. The van der Waals surface area contributed by atoms with Crippen molar-refractivity contribution in [3.8, 4) is 0 Å². The predicted molar refractivity (Wildman–Crippen MR) is 88.6 cm³/mol. The van der Waals surface area contributed by atoms with E-state index in [1.165, 1.54) is 0 Å². The molecule has 6 heteroatoms. The van der Waals surface area contributed by atoms with E-state index < -0.39 is 11.8 Å². The lowest BCUT2D eigenvalue weighted by molar-refractivity contribution is 0.0831. The molecular weight excluding hydrogens is 308 g/mol. The van der Waals surface area contributed by atoms with Crippen molar-refractivity contribution in [2.75, 3.05) is 0 Å². The number of carbonyl (C=O) groups is 2. The number of aryl methyl sites for hydroxylation is 1.